The van der Waals surface area contributed by atoms with Crippen LogP contribution in [0.25, 0.3) is 0 Å². The van der Waals surface area contributed by atoms with Gasteiger partial charge in [-0.1, -0.05) is 0 Å². The van der Waals surface area contributed by atoms with Gasteiger partial charge in [0.05, 0.1) is 20.7 Å². The molecule has 0 aliphatic carbocycles. The van der Waals surface area contributed by atoms with Crippen LogP contribution in [0.4, 0.5) is 16.2 Å². The fraction of sp³-hybridized carbons (Fsp3) is 0.400. The molecule has 13 heteroatoms. The van der Waals surface area contributed by atoms with Crippen LogP contribution in [0.3, 0.4) is 0 Å². The number of carbonyl (C=O) groups is 3. The van der Waals surface area contributed by atoms with Crippen LogP contribution in [-0.2, 0) is 32.3 Å². The maximum Gasteiger partial charge on any atom is 0.519 e. The number of rotatable bonds is 8. The number of nitro benzene ring substituents is 2. The molecule has 0 aromatic heterocycles. The van der Waals surface area contributed by atoms with Crippen molar-refractivity contribution in [3.05, 3.63) is 67.8 Å². The summed E-state index contributed by atoms with van der Waals surface area (Å²) in [7, 11) is 0. The second kappa shape index (κ2) is 11.7. The van der Waals surface area contributed by atoms with Crippen LogP contribution in [0.5, 0.6) is 11.5 Å². The Morgan fingerprint density at radius 3 is 1.32 bits per heavy atom. The minimum atomic E-state index is -1.29. The second-order valence-corrected chi connectivity index (χ2v) is 10.2. The Hall–Kier alpha value is -4.55. The molecule has 204 valence electrons. The first-order chi connectivity index (χ1) is 17.5. The van der Waals surface area contributed by atoms with Crippen molar-refractivity contribution in [1.82, 2.24) is 0 Å². The number of ether oxygens (including phenoxy) is 4. The van der Waals surface area contributed by atoms with Gasteiger partial charge in [-0.25, -0.2) is 4.79 Å². The lowest BCUT2D eigenvalue weighted by atomic mass is 9.97. The molecule has 0 radical (unpaired) electrons. The Balaban J connectivity index is 2.28. The minimum absolute atomic E-state index is 0.0248. The number of nitro groups is 2. The van der Waals surface area contributed by atoms with Crippen molar-refractivity contribution in [2.24, 2.45) is 10.8 Å². The van der Waals surface area contributed by atoms with Crippen molar-refractivity contribution in [1.29, 1.82) is 0 Å². The maximum absolute atomic E-state index is 12.6. The molecule has 0 aliphatic rings. The van der Waals surface area contributed by atoms with Crippen molar-refractivity contribution >= 4 is 29.5 Å². The Labute approximate surface area is 217 Å². The third-order valence-corrected chi connectivity index (χ3v) is 4.84. The molecule has 0 atom stereocenters. The van der Waals surface area contributed by atoms with Crippen LogP contribution >= 0.6 is 0 Å². The molecule has 2 rings (SSSR count). The van der Waals surface area contributed by atoms with Crippen LogP contribution in [0, 0.1) is 31.1 Å². The Kier molecular flexibility index (Phi) is 9.11. The Morgan fingerprint density at radius 1 is 0.684 bits per heavy atom. The van der Waals surface area contributed by atoms with Crippen molar-refractivity contribution in [2.75, 3.05) is 0 Å². The van der Waals surface area contributed by atoms with Crippen LogP contribution in [0.1, 0.15) is 52.7 Å². The standard InChI is InChI=1S/C25H28N2O11/c1-24(2,3)21(28)35-13-15-11-17(26(31)32)7-9-19(15)37-23(30)38-20-10-8-18(27(33)34)12-16(20)14-36-22(29)25(4,5)6/h7-12H,13-14H2,1-6H3. The summed E-state index contributed by atoms with van der Waals surface area (Å²) in [6.07, 6.45) is -1.29. The monoisotopic (exact) mass is 532 g/mol. The van der Waals surface area contributed by atoms with Crippen LogP contribution in [0.15, 0.2) is 36.4 Å². The lowest BCUT2D eigenvalue weighted by molar-refractivity contribution is -0.385. The van der Waals surface area contributed by atoms with E-state index in [0.717, 1.165) is 36.4 Å². The first-order valence-electron chi connectivity index (χ1n) is 11.3. The number of nitrogens with zero attached hydrogens (tertiary/aromatic N) is 2. The topological polar surface area (TPSA) is 174 Å². The van der Waals surface area contributed by atoms with Crippen LogP contribution in [0.2, 0.25) is 0 Å². The molecule has 0 saturated carbocycles. The highest BCUT2D eigenvalue weighted by Gasteiger charge is 2.26. The largest absolute Gasteiger partial charge is 0.519 e. The quantitative estimate of drug-likeness (QED) is 0.188. The van der Waals surface area contributed by atoms with E-state index in [-0.39, 0.29) is 34.0 Å². The summed E-state index contributed by atoms with van der Waals surface area (Å²) in [5.74, 6) is -1.52. The van der Waals surface area contributed by atoms with Gasteiger partial charge in [0.15, 0.2) is 0 Å². The summed E-state index contributed by atoms with van der Waals surface area (Å²) < 4.78 is 20.8. The van der Waals surface area contributed by atoms with E-state index < -0.39 is 52.0 Å². The van der Waals surface area contributed by atoms with E-state index in [1.54, 1.807) is 41.5 Å². The van der Waals surface area contributed by atoms with Crippen molar-refractivity contribution in [3.8, 4) is 11.5 Å². The average molecular weight is 533 g/mol. The molecule has 0 aliphatic heterocycles. The van der Waals surface area contributed by atoms with E-state index in [4.69, 9.17) is 18.9 Å². The molecule has 0 spiro atoms. The van der Waals surface area contributed by atoms with Gasteiger partial charge in [-0.3, -0.25) is 29.8 Å². The SMILES string of the molecule is CC(C)(C)C(=O)OCc1cc([N+](=O)[O-])ccc1OC(=O)Oc1ccc([N+](=O)[O-])cc1COC(=O)C(C)(C)C. The Morgan fingerprint density at radius 2 is 1.03 bits per heavy atom. The number of carbonyl (C=O) groups excluding carboxylic acids is 3. The molecule has 2 aromatic rings. The molecule has 0 amide bonds. The molecule has 0 fully saturated rings. The highest BCUT2D eigenvalue weighted by Crippen LogP contribution is 2.29. The van der Waals surface area contributed by atoms with Crippen LogP contribution < -0.4 is 9.47 Å². The maximum atomic E-state index is 12.6. The molecular weight excluding hydrogens is 504 g/mol. The normalized spacial score (nSPS) is 11.3. The molecule has 2 aromatic carbocycles. The van der Waals surface area contributed by atoms with Crippen molar-refractivity contribution in [2.45, 2.75) is 54.8 Å². The molecule has 0 bridgehead atoms. The van der Waals surface area contributed by atoms with E-state index in [1.165, 1.54) is 0 Å². The molecule has 0 N–H and O–H groups in total. The molecule has 13 nitrogen and oxygen atoms in total. The Bertz CT molecular complexity index is 1160. The number of non-ortho nitro benzene ring substituents is 2. The van der Waals surface area contributed by atoms with Crippen molar-refractivity contribution < 1.29 is 43.2 Å². The van der Waals surface area contributed by atoms with Gasteiger partial charge in [-0.05, 0) is 53.7 Å². The lowest BCUT2D eigenvalue weighted by Gasteiger charge is -2.18. The van der Waals surface area contributed by atoms with Gasteiger partial charge in [0.25, 0.3) is 11.4 Å². The van der Waals surface area contributed by atoms with Gasteiger partial charge in [0.1, 0.15) is 24.7 Å². The van der Waals surface area contributed by atoms with E-state index >= 15 is 0 Å². The van der Waals surface area contributed by atoms with Crippen molar-refractivity contribution in [3.63, 3.8) is 0 Å². The van der Waals surface area contributed by atoms with E-state index in [2.05, 4.69) is 0 Å². The van der Waals surface area contributed by atoms with Crippen LogP contribution in [-0.4, -0.2) is 27.9 Å². The van der Waals surface area contributed by atoms with Gasteiger partial charge in [-0.2, -0.15) is 0 Å². The fourth-order valence-electron chi connectivity index (χ4n) is 2.70. The highest BCUT2D eigenvalue weighted by molar-refractivity contribution is 5.76. The summed E-state index contributed by atoms with van der Waals surface area (Å²) >= 11 is 0. The number of hydrogen-bond acceptors (Lipinski definition) is 11. The summed E-state index contributed by atoms with van der Waals surface area (Å²) in [5.41, 5.74) is -2.29. The molecular formula is C25H28N2O11. The lowest BCUT2D eigenvalue weighted by Crippen LogP contribution is -2.23. The second-order valence-electron chi connectivity index (χ2n) is 10.2. The zero-order valence-electron chi connectivity index (χ0n) is 21.8. The summed E-state index contributed by atoms with van der Waals surface area (Å²) in [6, 6.07) is 6.62. The number of benzene rings is 2. The van der Waals surface area contributed by atoms with E-state index in [0.29, 0.717) is 0 Å². The molecule has 0 unspecified atom stereocenters. The first-order valence-corrected chi connectivity index (χ1v) is 11.3. The van der Waals surface area contributed by atoms with E-state index in [9.17, 15) is 34.6 Å². The third kappa shape index (κ3) is 8.25. The summed E-state index contributed by atoms with van der Waals surface area (Å²) in [4.78, 5) is 57.9. The molecule has 0 heterocycles. The first kappa shape index (κ1) is 29.7. The number of esters is 2. The third-order valence-electron chi connectivity index (χ3n) is 4.84. The average Bonchev–Trinajstić information content (AvgIpc) is 2.80. The zero-order valence-corrected chi connectivity index (χ0v) is 21.8. The highest BCUT2D eigenvalue weighted by atomic mass is 16.7. The molecule has 0 saturated heterocycles. The van der Waals surface area contributed by atoms with E-state index in [1.807, 2.05) is 0 Å². The summed E-state index contributed by atoms with van der Waals surface area (Å²) in [5, 5.41) is 22.4. The van der Waals surface area contributed by atoms with Gasteiger partial charge in [0.2, 0.25) is 0 Å². The summed E-state index contributed by atoms with van der Waals surface area (Å²) in [6.45, 7) is 8.89. The van der Waals surface area contributed by atoms with Gasteiger partial charge >= 0.3 is 18.1 Å². The molecule has 38 heavy (non-hydrogen) atoms. The predicted octanol–water partition coefficient (Wildman–Crippen LogP) is 5.26. The minimum Gasteiger partial charge on any atom is -0.460 e. The van der Waals surface area contributed by atoms with Gasteiger partial charge in [-0.15, -0.1) is 0 Å². The van der Waals surface area contributed by atoms with Gasteiger partial charge < -0.3 is 18.9 Å². The predicted molar refractivity (Wildman–Crippen MR) is 131 cm³/mol. The zero-order chi connectivity index (χ0) is 28.8. The number of hydrogen-bond donors (Lipinski definition) is 0. The van der Waals surface area contributed by atoms with Gasteiger partial charge in [0, 0.05) is 35.4 Å². The smallest absolute Gasteiger partial charge is 0.460 e. The fourth-order valence-corrected chi connectivity index (χ4v) is 2.70.